The predicted molar refractivity (Wildman–Crippen MR) is 103 cm³/mol. The molecular weight excluding hydrogens is 367 g/mol. The predicted octanol–water partition coefficient (Wildman–Crippen LogP) is 3.98. The molecule has 0 saturated carbocycles. The van der Waals surface area contributed by atoms with E-state index in [2.05, 4.69) is 9.88 Å². The molecule has 0 spiro atoms. The maximum absolute atomic E-state index is 13.7. The van der Waals surface area contributed by atoms with Crippen molar-refractivity contribution in [2.24, 2.45) is 0 Å². The minimum absolute atomic E-state index is 0.0152. The second kappa shape index (κ2) is 7.08. The summed E-state index contributed by atoms with van der Waals surface area (Å²) in [6.07, 6.45) is 2.67. The lowest BCUT2D eigenvalue weighted by molar-refractivity contribution is 0.0992. The largest absolute Gasteiger partial charge is 0.504 e. The maximum Gasteiger partial charge on any atom is 0.169 e. The van der Waals surface area contributed by atoms with Crippen LogP contribution in [0.25, 0.3) is 10.2 Å². The van der Waals surface area contributed by atoms with Crippen molar-refractivity contribution >= 4 is 39.3 Å². The van der Waals surface area contributed by atoms with Crippen molar-refractivity contribution < 1.29 is 19.1 Å². The van der Waals surface area contributed by atoms with Gasteiger partial charge in [0.15, 0.2) is 23.6 Å². The first-order valence-electron chi connectivity index (χ1n) is 8.71. The Kier molecular flexibility index (Phi) is 4.61. The number of halogens is 1. The van der Waals surface area contributed by atoms with Crippen molar-refractivity contribution in [1.82, 2.24) is 4.98 Å². The number of aromatic nitrogens is 1. The molecule has 0 radical (unpaired) electrons. The Labute approximate surface area is 159 Å². The number of nitrogens with zero attached hydrogens (tertiary/aromatic N) is 2. The summed E-state index contributed by atoms with van der Waals surface area (Å²) < 4.78 is 14.7. The first-order chi connectivity index (χ1) is 13.1. The van der Waals surface area contributed by atoms with Gasteiger partial charge in [0.25, 0.3) is 0 Å². The highest BCUT2D eigenvalue weighted by Gasteiger charge is 2.19. The molecule has 1 fully saturated rings. The van der Waals surface area contributed by atoms with Gasteiger partial charge in [0, 0.05) is 18.7 Å². The molecule has 2 heterocycles. The van der Waals surface area contributed by atoms with Gasteiger partial charge in [-0.1, -0.05) is 6.07 Å². The molecule has 0 atom stereocenters. The number of fused-ring (bicyclic) bond motifs is 1. The zero-order valence-electron chi connectivity index (χ0n) is 14.4. The minimum atomic E-state index is -0.983. The molecule has 138 valence electrons. The summed E-state index contributed by atoms with van der Waals surface area (Å²) in [7, 11) is 0. The minimum Gasteiger partial charge on any atom is -0.504 e. The Hall–Kier alpha value is -2.80. The number of carbonyl (C=O) groups is 2. The Morgan fingerprint density at radius 2 is 2.07 bits per heavy atom. The van der Waals surface area contributed by atoms with Crippen LogP contribution in [-0.2, 0) is 6.42 Å². The third kappa shape index (κ3) is 3.30. The van der Waals surface area contributed by atoms with Gasteiger partial charge in [-0.3, -0.25) is 9.59 Å². The number of aromatic hydroxyl groups is 1. The Morgan fingerprint density at radius 3 is 2.81 bits per heavy atom. The first kappa shape index (κ1) is 17.6. The van der Waals surface area contributed by atoms with Crippen molar-refractivity contribution in [1.29, 1.82) is 0 Å². The second-order valence-electron chi connectivity index (χ2n) is 6.54. The number of aldehydes is 1. The smallest absolute Gasteiger partial charge is 0.169 e. The van der Waals surface area contributed by atoms with Crippen LogP contribution in [0, 0.1) is 5.82 Å². The molecule has 1 aliphatic rings. The third-order valence-corrected chi connectivity index (χ3v) is 5.76. The van der Waals surface area contributed by atoms with E-state index in [4.69, 9.17) is 0 Å². The number of carbonyl (C=O) groups excluding carboxylic acids is 2. The van der Waals surface area contributed by atoms with Gasteiger partial charge in [0.1, 0.15) is 10.5 Å². The second-order valence-corrected chi connectivity index (χ2v) is 7.65. The molecule has 1 saturated heterocycles. The molecule has 0 bridgehead atoms. The van der Waals surface area contributed by atoms with Gasteiger partial charge >= 0.3 is 0 Å². The Bertz CT molecular complexity index is 1040. The highest BCUT2D eigenvalue weighted by molar-refractivity contribution is 7.18. The number of rotatable bonds is 5. The van der Waals surface area contributed by atoms with E-state index in [9.17, 15) is 19.1 Å². The van der Waals surface area contributed by atoms with E-state index >= 15 is 0 Å². The van der Waals surface area contributed by atoms with Crippen LogP contribution in [0.4, 0.5) is 10.1 Å². The zero-order valence-corrected chi connectivity index (χ0v) is 15.3. The van der Waals surface area contributed by atoms with E-state index in [-0.39, 0.29) is 23.3 Å². The van der Waals surface area contributed by atoms with Gasteiger partial charge in [-0.25, -0.2) is 9.37 Å². The molecule has 1 aromatic heterocycles. The van der Waals surface area contributed by atoms with Crippen LogP contribution in [0.3, 0.4) is 0 Å². The van der Waals surface area contributed by atoms with Gasteiger partial charge in [-0.2, -0.15) is 0 Å². The van der Waals surface area contributed by atoms with Crippen molar-refractivity contribution in [2.75, 3.05) is 18.0 Å². The van der Waals surface area contributed by atoms with Crippen LogP contribution in [-0.4, -0.2) is 35.2 Å². The number of hydrogen-bond acceptors (Lipinski definition) is 6. The van der Waals surface area contributed by atoms with Crippen LogP contribution in [0.5, 0.6) is 5.75 Å². The monoisotopic (exact) mass is 384 g/mol. The number of benzene rings is 2. The molecule has 5 nitrogen and oxygen atoms in total. The summed E-state index contributed by atoms with van der Waals surface area (Å²) in [5, 5.41) is 10.1. The number of para-hydroxylation sites is 1. The molecule has 3 aromatic rings. The lowest BCUT2D eigenvalue weighted by atomic mass is 10.0. The number of anilines is 1. The molecule has 0 aliphatic carbocycles. The van der Waals surface area contributed by atoms with Crippen molar-refractivity contribution in [3.8, 4) is 5.75 Å². The maximum atomic E-state index is 13.7. The summed E-state index contributed by atoms with van der Waals surface area (Å²) in [5.74, 6) is -2.07. The summed E-state index contributed by atoms with van der Waals surface area (Å²) >= 11 is 1.44. The SMILES string of the molecule is O=Cc1cc(C(=O)Cc2nc3c(N4CCCC4)cccc3s2)cc(F)c1O. The molecule has 1 aliphatic heterocycles. The third-order valence-electron chi connectivity index (χ3n) is 4.74. The summed E-state index contributed by atoms with van der Waals surface area (Å²) in [6, 6.07) is 8.17. The molecule has 27 heavy (non-hydrogen) atoms. The Balaban J connectivity index is 1.64. The Morgan fingerprint density at radius 1 is 1.30 bits per heavy atom. The van der Waals surface area contributed by atoms with E-state index in [1.807, 2.05) is 18.2 Å². The van der Waals surface area contributed by atoms with Crippen LogP contribution >= 0.6 is 11.3 Å². The van der Waals surface area contributed by atoms with Gasteiger partial charge in [0.05, 0.1) is 22.4 Å². The van der Waals surface area contributed by atoms with E-state index in [1.54, 1.807) is 0 Å². The summed E-state index contributed by atoms with van der Waals surface area (Å²) in [5.41, 5.74) is 1.78. The van der Waals surface area contributed by atoms with Crippen LogP contribution in [0.2, 0.25) is 0 Å². The molecule has 7 heteroatoms. The van der Waals surface area contributed by atoms with Gasteiger partial charge in [-0.05, 0) is 37.1 Å². The van der Waals surface area contributed by atoms with E-state index in [0.717, 1.165) is 47.9 Å². The molecular formula is C20H17FN2O3S. The fraction of sp³-hybridized carbons (Fsp3) is 0.250. The average molecular weight is 384 g/mol. The van der Waals surface area contributed by atoms with Crippen molar-refractivity contribution in [3.63, 3.8) is 0 Å². The number of thiazole rings is 1. The topological polar surface area (TPSA) is 70.5 Å². The highest BCUT2D eigenvalue weighted by atomic mass is 32.1. The fourth-order valence-corrected chi connectivity index (χ4v) is 4.37. The quantitative estimate of drug-likeness (QED) is 0.532. The van der Waals surface area contributed by atoms with E-state index in [1.165, 1.54) is 17.4 Å². The first-order valence-corrected chi connectivity index (χ1v) is 9.52. The van der Waals surface area contributed by atoms with Gasteiger partial charge < -0.3 is 10.0 Å². The molecule has 0 amide bonds. The van der Waals surface area contributed by atoms with E-state index < -0.39 is 11.6 Å². The number of hydrogen-bond donors (Lipinski definition) is 1. The number of phenolic OH excluding ortho intramolecular Hbond substituents is 1. The van der Waals surface area contributed by atoms with Crippen LogP contribution < -0.4 is 4.90 Å². The van der Waals surface area contributed by atoms with Crippen LogP contribution in [0.1, 0.15) is 38.6 Å². The van der Waals surface area contributed by atoms with E-state index in [0.29, 0.717) is 11.3 Å². The lowest BCUT2D eigenvalue weighted by Gasteiger charge is -2.17. The molecule has 0 unspecified atom stereocenters. The standard InChI is InChI=1S/C20H17FN2O3S/c21-14-9-12(8-13(11-24)20(14)26)16(25)10-18-22-19-15(23-6-1-2-7-23)4-3-5-17(19)27-18/h3-5,8-9,11,26H,1-2,6-7,10H2. The number of Topliss-reactive ketones (excluding diaryl/α,β-unsaturated/α-hetero) is 1. The number of phenols is 1. The zero-order chi connectivity index (χ0) is 19.0. The van der Waals surface area contributed by atoms with Gasteiger partial charge in [0.2, 0.25) is 0 Å². The molecule has 2 aromatic carbocycles. The lowest BCUT2D eigenvalue weighted by Crippen LogP contribution is -2.17. The van der Waals surface area contributed by atoms with Crippen LogP contribution in [0.15, 0.2) is 30.3 Å². The summed E-state index contributed by atoms with van der Waals surface area (Å²) in [4.78, 5) is 30.4. The summed E-state index contributed by atoms with van der Waals surface area (Å²) in [6.45, 7) is 2.01. The van der Waals surface area contributed by atoms with Gasteiger partial charge in [-0.15, -0.1) is 11.3 Å². The fourth-order valence-electron chi connectivity index (χ4n) is 3.38. The number of ketones is 1. The van der Waals surface area contributed by atoms with Crippen molar-refractivity contribution in [2.45, 2.75) is 19.3 Å². The normalized spacial score (nSPS) is 14.0. The molecule has 1 N–H and O–H groups in total. The highest BCUT2D eigenvalue weighted by Crippen LogP contribution is 2.33. The van der Waals surface area contributed by atoms with Crippen molar-refractivity contribution in [3.05, 3.63) is 52.3 Å². The average Bonchev–Trinajstić information content (AvgIpc) is 3.32. The molecule has 4 rings (SSSR count).